The Balaban J connectivity index is 2.74. The van der Waals surface area contributed by atoms with E-state index in [0.717, 1.165) is 12.1 Å². The summed E-state index contributed by atoms with van der Waals surface area (Å²) in [7, 11) is 0. The first-order chi connectivity index (χ1) is 9.02. The largest absolute Gasteiger partial charge is 0.206 e. The highest BCUT2D eigenvalue weighted by atomic mass is 35.5. The van der Waals surface area contributed by atoms with E-state index in [4.69, 9.17) is 23.2 Å². The van der Waals surface area contributed by atoms with Crippen LogP contribution < -0.4 is 0 Å². The summed E-state index contributed by atoms with van der Waals surface area (Å²) in [4.78, 5) is 0. The zero-order valence-electron chi connectivity index (χ0n) is 9.28. The van der Waals surface area contributed by atoms with Crippen molar-refractivity contribution in [1.82, 2.24) is 0 Å². The SMILES string of the molecule is Fc1cccc2c(Cl)c3c(F)ccc(F)c3c(Cl)c12. The van der Waals surface area contributed by atoms with Gasteiger partial charge in [0.05, 0.1) is 10.0 Å². The van der Waals surface area contributed by atoms with Crippen molar-refractivity contribution in [2.24, 2.45) is 0 Å². The fraction of sp³-hybridized carbons (Fsp3) is 0. The standard InChI is InChI=1S/C14H5Cl2F3/c15-13-6-2-1-3-7(17)10(6)14(16)12-9(19)5-4-8(18)11(12)13/h1-5H. The second-order valence-electron chi connectivity index (χ2n) is 4.07. The van der Waals surface area contributed by atoms with Crippen molar-refractivity contribution >= 4 is 44.7 Å². The molecule has 0 aliphatic heterocycles. The van der Waals surface area contributed by atoms with E-state index in [1.54, 1.807) is 0 Å². The Bertz CT molecular complexity index is 828. The Morgan fingerprint density at radius 2 is 1.16 bits per heavy atom. The van der Waals surface area contributed by atoms with Crippen molar-refractivity contribution in [3.63, 3.8) is 0 Å². The van der Waals surface area contributed by atoms with Crippen LogP contribution in [0.1, 0.15) is 0 Å². The predicted octanol–water partition coefficient (Wildman–Crippen LogP) is 5.72. The molecule has 0 saturated heterocycles. The molecular weight excluding hydrogens is 296 g/mol. The van der Waals surface area contributed by atoms with E-state index in [1.807, 2.05) is 0 Å². The van der Waals surface area contributed by atoms with E-state index in [0.29, 0.717) is 0 Å². The molecule has 0 N–H and O–H groups in total. The maximum atomic E-state index is 13.8. The first-order valence-electron chi connectivity index (χ1n) is 5.35. The summed E-state index contributed by atoms with van der Waals surface area (Å²) >= 11 is 12.1. The van der Waals surface area contributed by atoms with E-state index in [2.05, 4.69) is 0 Å². The van der Waals surface area contributed by atoms with Crippen molar-refractivity contribution in [1.29, 1.82) is 0 Å². The van der Waals surface area contributed by atoms with Crippen molar-refractivity contribution < 1.29 is 13.2 Å². The number of benzene rings is 3. The Labute approximate surface area is 116 Å². The summed E-state index contributed by atoms with van der Waals surface area (Å²) in [5.74, 6) is -2.07. The minimum absolute atomic E-state index is 0.00818. The molecule has 3 aromatic carbocycles. The minimum atomic E-state index is -0.742. The molecule has 0 saturated carbocycles. The Morgan fingerprint density at radius 3 is 1.79 bits per heavy atom. The number of fused-ring (bicyclic) bond motifs is 2. The minimum Gasteiger partial charge on any atom is -0.206 e. The lowest BCUT2D eigenvalue weighted by Gasteiger charge is -2.11. The second-order valence-corrected chi connectivity index (χ2v) is 4.83. The van der Waals surface area contributed by atoms with Gasteiger partial charge in [0.25, 0.3) is 0 Å². The van der Waals surface area contributed by atoms with Crippen LogP contribution in [0.5, 0.6) is 0 Å². The summed E-state index contributed by atoms with van der Waals surface area (Å²) < 4.78 is 41.5. The maximum absolute atomic E-state index is 13.8. The smallest absolute Gasteiger partial charge is 0.132 e. The summed E-state index contributed by atoms with van der Waals surface area (Å²) in [6.45, 7) is 0. The average Bonchev–Trinajstić information content (AvgIpc) is 2.38. The van der Waals surface area contributed by atoms with Crippen LogP contribution in [0.3, 0.4) is 0 Å². The lowest BCUT2D eigenvalue weighted by Crippen LogP contribution is -1.91. The fourth-order valence-corrected chi connectivity index (χ4v) is 2.89. The highest BCUT2D eigenvalue weighted by Crippen LogP contribution is 2.41. The van der Waals surface area contributed by atoms with E-state index < -0.39 is 17.5 Å². The van der Waals surface area contributed by atoms with Crippen LogP contribution in [0.25, 0.3) is 21.5 Å². The van der Waals surface area contributed by atoms with Gasteiger partial charge in [0.2, 0.25) is 0 Å². The topological polar surface area (TPSA) is 0 Å². The zero-order chi connectivity index (χ0) is 13.7. The molecule has 0 fully saturated rings. The number of halogens is 5. The van der Waals surface area contributed by atoms with E-state index in [-0.39, 0.29) is 31.6 Å². The molecular formula is C14H5Cl2F3. The summed E-state index contributed by atoms with van der Waals surface area (Å²) in [5, 5.41) is -0.320. The number of hydrogen-bond donors (Lipinski definition) is 0. The number of hydrogen-bond acceptors (Lipinski definition) is 0. The molecule has 0 atom stereocenters. The van der Waals surface area contributed by atoms with Gasteiger partial charge < -0.3 is 0 Å². The lowest BCUT2D eigenvalue weighted by molar-refractivity contribution is 0.617. The molecule has 0 aromatic heterocycles. The quantitative estimate of drug-likeness (QED) is 0.466. The Morgan fingerprint density at radius 1 is 0.632 bits per heavy atom. The lowest BCUT2D eigenvalue weighted by atomic mass is 10.0. The van der Waals surface area contributed by atoms with Gasteiger partial charge in [0.15, 0.2) is 0 Å². The molecule has 3 rings (SSSR count). The van der Waals surface area contributed by atoms with Crippen LogP contribution >= 0.6 is 23.2 Å². The van der Waals surface area contributed by atoms with Gasteiger partial charge in [-0.3, -0.25) is 0 Å². The molecule has 0 nitrogen and oxygen atoms in total. The molecule has 5 heteroatoms. The molecule has 3 aromatic rings. The van der Waals surface area contributed by atoms with Crippen LogP contribution in [0.15, 0.2) is 30.3 Å². The summed E-state index contributed by atoms with van der Waals surface area (Å²) in [6.07, 6.45) is 0. The van der Waals surface area contributed by atoms with Gasteiger partial charge in [-0.1, -0.05) is 35.3 Å². The highest BCUT2D eigenvalue weighted by Gasteiger charge is 2.19. The molecule has 19 heavy (non-hydrogen) atoms. The third kappa shape index (κ3) is 1.69. The first-order valence-corrected chi connectivity index (χ1v) is 6.11. The van der Waals surface area contributed by atoms with Crippen LogP contribution in [-0.2, 0) is 0 Å². The molecule has 0 heterocycles. The normalized spacial score (nSPS) is 11.4. The van der Waals surface area contributed by atoms with E-state index in [9.17, 15) is 13.2 Å². The highest BCUT2D eigenvalue weighted by molar-refractivity contribution is 6.47. The molecule has 0 aliphatic carbocycles. The van der Waals surface area contributed by atoms with Crippen LogP contribution in [0.4, 0.5) is 13.2 Å². The summed E-state index contributed by atoms with van der Waals surface area (Å²) in [6, 6.07) is 6.03. The molecule has 96 valence electrons. The first kappa shape index (κ1) is 12.6. The van der Waals surface area contributed by atoms with Crippen LogP contribution in [0, 0.1) is 17.5 Å². The Hall–Kier alpha value is -1.45. The van der Waals surface area contributed by atoms with Gasteiger partial charge in [-0.25, -0.2) is 13.2 Å². The third-order valence-corrected chi connectivity index (χ3v) is 3.78. The van der Waals surface area contributed by atoms with Crippen LogP contribution in [-0.4, -0.2) is 0 Å². The molecule has 0 unspecified atom stereocenters. The molecule has 0 spiro atoms. The van der Waals surface area contributed by atoms with Gasteiger partial charge in [0, 0.05) is 21.5 Å². The van der Waals surface area contributed by atoms with E-state index in [1.165, 1.54) is 18.2 Å². The van der Waals surface area contributed by atoms with Gasteiger partial charge in [0.1, 0.15) is 17.5 Å². The third-order valence-electron chi connectivity index (χ3n) is 3.01. The summed E-state index contributed by atoms with van der Waals surface area (Å²) in [5.41, 5.74) is 0. The number of rotatable bonds is 0. The van der Waals surface area contributed by atoms with Gasteiger partial charge in [-0.05, 0) is 18.2 Å². The van der Waals surface area contributed by atoms with E-state index >= 15 is 0 Å². The zero-order valence-corrected chi connectivity index (χ0v) is 10.8. The molecule has 0 amide bonds. The van der Waals surface area contributed by atoms with Gasteiger partial charge in [-0.15, -0.1) is 0 Å². The van der Waals surface area contributed by atoms with Gasteiger partial charge in [-0.2, -0.15) is 0 Å². The van der Waals surface area contributed by atoms with Crippen molar-refractivity contribution in [2.45, 2.75) is 0 Å². The van der Waals surface area contributed by atoms with Crippen molar-refractivity contribution in [3.8, 4) is 0 Å². The van der Waals surface area contributed by atoms with Crippen molar-refractivity contribution in [2.75, 3.05) is 0 Å². The van der Waals surface area contributed by atoms with Crippen LogP contribution in [0.2, 0.25) is 10.0 Å². The molecule has 0 radical (unpaired) electrons. The Kier molecular flexibility index (Phi) is 2.84. The molecule has 0 bridgehead atoms. The van der Waals surface area contributed by atoms with Gasteiger partial charge >= 0.3 is 0 Å². The fourth-order valence-electron chi connectivity index (χ4n) is 2.17. The second kappa shape index (κ2) is 4.29. The monoisotopic (exact) mass is 300 g/mol. The molecule has 0 aliphatic rings. The predicted molar refractivity (Wildman–Crippen MR) is 71.3 cm³/mol. The maximum Gasteiger partial charge on any atom is 0.132 e. The average molecular weight is 301 g/mol. The van der Waals surface area contributed by atoms with Crippen molar-refractivity contribution in [3.05, 3.63) is 57.8 Å².